The molecule has 13 heteroatoms. The number of halogens is 2. The van der Waals surface area contributed by atoms with Gasteiger partial charge in [-0.1, -0.05) is 12.1 Å². The quantitative estimate of drug-likeness (QED) is 0.593. The highest BCUT2D eigenvalue weighted by Crippen LogP contribution is 2.51. The molecule has 1 aromatic carbocycles. The average molecular weight is 528 g/mol. The fourth-order valence-electron chi connectivity index (χ4n) is 4.63. The van der Waals surface area contributed by atoms with Crippen LogP contribution in [0.3, 0.4) is 0 Å². The number of sulfonamides is 1. The molecule has 0 amide bonds. The number of pyridine rings is 1. The molecular weight excluding hydrogens is 500 g/mol. The second kappa shape index (κ2) is 8.00. The van der Waals surface area contributed by atoms with E-state index >= 15 is 0 Å². The van der Waals surface area contributed by atoms with Crippen LogP contribution in [0, 0.1) is 12.8 Å². The molecule has 3 aliphatic rings. The predicted molar refractivity (Wildman–Crippen MR) is 131 cm³/mol. The zero-order valence-corrected chi connectivity index (χ0v) is 21.3. The second-order valence-electron chi connectivity index (χ2n) is 9.36. The van der Waals surface area contributed by atoms with Gasteiger partial charge in [0, 0.05) is 57.7 Å². The molecule has 3 heterocycles. The lowest BCUT2D eigenvalue weighted by Crippen LogP contribution is -2.48. The molecule has 0 bridgehead atoms. The summed E-state index contributed by atoms with van der Waals surface area (Å²) in [5.74, 6) is -3.08. The van der Waals surface area contributed by atoms with Gasteiger partial charge in [-0.3, -0.25) is 8.61 Å². The molecule has 2 aliphatic heterocycles. The minimum absolute atomic E-state index is 0.252. The Bertz CT molecular complexity index is 1390. The summed E-state index contributed by atoms with van der Waals surface area (Å²) in [5.41, 5.74) is 3.07. The van der Waals surface area contributed by atoms with E-state index in [-0.39, 0.29) is 13.0 Å². The maximum absolute atomic E-state index is 13.5. The number of nitrogens with zero attached hydrogens (tertiary/aromatic N) is 5. The number of rotatable bonds is 5. The molecule has 190 valence electrons. The fraction of sp³-hybridized carbons (Fsp3) is 0.500. The van der Waals surface area contributed by atoms with Crippen molar-refractivity contribution >= 4 is 37.4 Å². The van der Waals surface area contributed by atoms with Gasteiger partial charge in [-0.15, -0.1) is 0 Å². The maximum atomic E-state index is 13.5. The standard InChI is InChI=1S/C22H27F2N5O4S2/c1-15-4-7-20(27-8-10-28(11-9-27)34(3,30)31)25-21(15)16-5-6-18-19(12-16)26(2)35(32,33)29(18)14-17-13-22(17,23)24/h4-7,12,17H,8-11,13-14H2,1-3H3. The van der Waals surface area contributed by atoms with E-state index in [2.05, 4.69) is 0 Å². The van der Waals surface area contributed by atoms with Gasteiger partial charge in [0.25, 0.3) is 5.92 Å². The van der Waals surface area contributed by atoms with Crippen LogP contribution in [-0.4, -0.2) is 78.1 Å². The van der Waals surface area contributed by atoms with E-state index in [1.807, 2.05) is 24.0 Å². The molecule has 1 aromatic heterocycles. The number of aryl methyl sites for hydroxylation is 1. The van der Waals surface area contributed by atoms with Crippen molar-refractivity contribution in [3.63, 3.8) is 0 Å². The van der Waals surface area contributed by atoms with Gasteiger partial charge in [0.15, 0.2) is 0 Å². The lowest BCUT2D eigenvalue weighted by Gasteiger charge is -2.34. The van der Waals surface area contributed by atoms with E-state index in [1.54, 1.807) is 18.2 Å². The Labute approximate surface area is 204 Å². The number of hydrogen-bond acceptors (Lipinski definition) is 6. The van der Waals surface area contributed by atoms with Gasteiger partial charge in [-0.05, 0) is 30.7 Å². The van der Waals surface area contributed by atoms with Crippen LogP contribution in [0.15, 0.2) is 30.3 Å². The first-order valence-corrected chi connectivity index (χ1v) is 14.5. The monoisotopic (exact) mass is 527 g/mol. The smallest absolute Gasteiger partial charge is 0.326 e. The second-order valence-corrected chi connectivity index (χ2v) is 13.2. The number of piperazine rings is 1. The lowest BCUT2D eigenvalue weighted by molar-refractivity contribution is 0.101. The Morgan fingerprint density at radius 1 is 1.09 bits per heavy atom. The average Bonchev–Trinajstić information content (AvgIpc) is 3.36. The highest BCUT2D eigenvalue weighted by molar-refractivity contribution is 7.94. The van der Waals surface area contributed by atoms with Crippen LogP contribution in [0.4, 0.5) is 26.0 Å². The molecule has 1 saturated carbocycles. The van der Waals surface area contributed by atoms with Crippen molar-refractivity contribution in [2.45, 2.75) is 19.3 Å². The van der Waals surface area contributed by atoms with E-state index in [9.17, 15) is 25.6 Å². The van der Waals surface area contributed by atoms with Gasteiger partial charge in [0.1, 0.15) is 5.82 Å². The van der Waals surface area contributed by atoms with Crippen LogP contribution in [-0.2, 0) is 20.2 Å². The Morgan fingerprint density at radius 2 is 1.74 bits per heavy atom. The molecule has 0 spiro atoms. The van der Waals surface area contributed by atoms with Gasteiger partial charge < -0.3 is 4.90 Å². The Morgan fingerprint density at radius 3 is 2.34 bits per heavy atom. The van der Waals surface area contributed by atoms with E-state index in [1.165, 1.54) is 17.6 Å². The number of fused-ring (bicyclic) bond motifs is 1. The summed E-state index contributed by atoms with van der Waals surface area (Å²) in [7, 11) is -5.75. The predicted octanol–water partition coefficient (Wildman–Crippen LogP) is 2.29. The van der Waals surface area contributed by atoms with Crippen LogP contribution in [0.1, 0.15) is 12.0 Å². The van der Waals surface area contributed by atoms with Gasteiger partial charge in [0.2, 0.25) is 10.0 Å². The number of benzene rings is 1. The highest BCUT2D eigenvalue weighted by Gasteiger charge is 2.59. The highest BCUT2D eigenvalue weighted by atomic mass is 32.2. The summed E-state index contributed by atoms with van der Waals surface area (Å²) in [6, 6.07) is 8.93. The van der Waals surface area contributed by atoms with Crippen LogP contribution in [0.2, 0.25) is 0 Å². The fourth-order valence-corrected chi connectivity index (χ4v) is 6.91. The summed E-state index contributed by atoms with van der Waals surface area (Å²) in [4.78, 5) is 6.83. The molecule has 0 radical (unpaired) electrons. The van der Waals surface area contributed by atoms with E-state index in [0.29, 0.717) is 54.6 Å². The Kier molecular flexibility index (Phi) is 5.53. The third kappa shape index (κ3) is 4.23. The van der Waals surface area contributed by atoms with Gasteiger partial charge in [0.05, 0.1) is 23.3 Å². The summed E-state index contributed by atoms with van der Waals surface area (Å²) in [6.45, 7) is 3.42. The van der Waals surface area contributed by atoms with E-state index < -0.39 is 32.1 Å². The summed E-state index contributed by atoms with van der Waals surface area (Å²) >= 11 is 0. The van der Waals surface area contributed by atoms with E-state index in [0.717, 1.165) is 14.2 Å². The normalized spacial score (nSPS) is 23.5. The molecule has 1 saturated heterocycles. The molecule has 2 fully saturated rings. The molecule has 1 atom stereocenters. The zero-order valence-electron chi connectivity index (χ0n) is 19.6. The number of hydrogen-bond donors (Lipinski definition) is 0. The SMILES string of the molecule is Cc1ccc(N2CCN(S(C)(=O)=O)CC2)nc1-c1ccc2c(c1)N(C)S(=O)(=O)N2CC1CC1(F)F. The van der Waals surface area contributed by atoms with Gasteiger partial charge >= 0.3 is 10.2 Å². The van der Waals surface area contributed by atoms with Crippen LogP contribution in [0.25, 0.3) is 11.3 Å². The van der Waals surface area contributed by atoms with Crippen molar-refractivity contribution in [2.24, 2.45) is 5.92 Å². The van der Waals surface area contributed by atoms with Crippen molar-refractivity contribution in [1.82, 2.24) is 9.29 Å². The van der Waals surface area contributed by atoms with Crippen LogP contribution in [0.5, 0.6) is 0 Å². The zero-order chi connectivity index (χ0) is 25.3. The minimum atomic E-state index is -3.93. The third-order valence-corrected chi connectivity index (χ3v) is 10.0. The number of anilines is 3. The Balaban J connectivity index is 1.43. The molecular formula is C22H27F2N5O4S2. The lowest BCUT2D eigenvalue weighted by atomic mass is 10.0. The molecule has 35 heavy (non-hydrogen) atoms. The van der Waals surface area contributed by atoms with Gasteiger partial charge in [-0.25, -0.2) is 22.2 Å². The minimum Gasteiger partial charge on any atom is -0.354 e. The van der Waals surface area contributed by atoms with Crippen molar-refractivity contribution in [2.75, 3.05) is 59.5 Å². The molecule has 1 aliphatic carbocycles. The Hall–Kier alpha value is -2.51. The summed E-state index contributed by atoms with van der Waals surface area (Å²) in [5, 5.41) is 0. The first-order valence-electron chi connectivity index (χ1n) is 11.3. The third-order valence-electron chi connectivity index (χ3n) is 6.94. The van der Waals surface area contributed by atoms with Crippen molar-refractivity contribution in [3.05, 3.63) is 35.9 Å². The van der Waals surface area contributed by atoms with Crippen molar-refractivity contribution < 1.29 is 25.6 Å². The molecule has 0 N–H and O–H groups in total. The number of aromatic nitrogens is 1. The van der Waals surface area contributed by atoms with Crippen molar-refractivity contribution in [1.29, 1.82) is 0 Å². The molecule has 9 nitrogen and oxygen atoms in total. The summed E-state index contributed by atoms with van der Waals surface area (Å²) in [6.07, 6.45) is 0.901. The van der Waals surface area contributed by atoms with Crippen molar-refractivity contribution in [3.8, 4) is 11.3 Å². The maximum Gasteiger partial charge on any atom is 0.326 e. The first-order chi connectivity index (χ1) is 16.3. The largest absolute Gasteiger partial charge is 0.354 e. The first kappa shape index (κ1) is 24.2. The molecule has 1 unspecified atom stereocenters. The topological polar surface area (TPSA) is 94.1 Å². The molecule has 5 rings (SSSR count). The van der Waals surface area contributed by atoms with E-state index in [4.69, 9.17) is 4.98 Å². The summed E-state index contributed by atoms with van der Waals surface area (Å²) < 4.78 is 80.1. The van der Waals surface area contributed by atoms with Gasteiger partial charge in [-0.2, -0.15) is 12.7 Å². The van der Waals surface area contributed by atoms with Crippen LogP contribution >= 0.6 is 0 Å². The molecule has 2 aromatic rings. The van der Waals surface area contributed by atoms with Crippen LogP contribution < -0.4 is 13.5 Å². The number of alkyl halides is 2.